The molecule has 8 heteroatoms. The Morgan fingerprint density at radius 2 is 1.64 bits per heavy atom. The first-order valence-electron chi connectivity index (χ1n) is 11.8. The van der Waals surface area contributed by atoms with Gasteiger partial charge < -0.3 is 5.32 Å². The van der Waals surface area contributed by atoms with E-state index in [9.17, 15) is 4.79 Å². The van der Waals surface area contributed by atoms with Crippen LogP contribution in [0.4, 0.5) is 5.69 Å². The van der Waals surface area contributed by atoms with E-state index in [0.29, 0.717) is 22.9 Å². The zero-order valence-corrected chi connectivity index (χ0v) is 21.5. The summed E-state index contributed by atoms with van der Waals surface area (Å²) in [5.41, 5.74) is 8.15. The lowest BCUT2D eigenvalue weighted by molar-refractivity contribution is -0.116. The van der Waals surface area contributed by atoms with Gasteiger partial charge in [-0.25, -0.2) is 9.67 Å². The fraction of sp³-hybridized carbons (Fsp3) is 0.214. The third-order valence-electron chi connectivity index (χ3n) is 6.39. The molecule has 0 saturated heterocycles. The predicted octanol–water partition coefficient (Wildman–Crippen LogP) is 5.87. The molecule has 0 radical (unpaired) electrons. The molecule has 0 aliphatic rings. The second-order valence-corrected chi connectivity index (χ2v) is 9.42. The number of carbonyl (C=O) groups is 1. The zero-order chi connectivity index (χ0) is 25.4. The lowest BCUT2D eigenvalue weighted by Crippen LogP contribution is -2.20. The number of nitrogens with zero attached hydrogens (tertiary/aromatic N) is 5. The van der Waals surface area contributed by atoms with E-state index in [1.807, 2.05) is 55.8 Å². The number of carbonyl (C=O) groups excluding carboxylic acids is 1. The van der Waals surface area contributed by atoms with Crippen molar-refractivity contribution in [1.82, 2.24) is 24.5 Å². The van der Waals surface area contributed by atoms with E-state index in [1.165, 1.54) is 5.56 Å². The number of hydrogen-bond acceptors (Lipinski definition) is 4. The molecule has 0 aliphatic carbocycles. The van der Waals surface area contributed by atoms with E-state index in [4.69, 9.17) is 11.6 Å². The highest BCUT2D eigenvalue weighted by Crippen LogP contribution is 2.30. The SMILES string of the molecule is Cc1ccc(-c2ccnc3c2c(C)nn3CC(=O)Nc2c(C)nn(Cc3ccccc3Cl)c2C)cc1. The normalized spacial score (nSPS) is 11.2. The minimum Gasteiger partial charge on any atom is -0.321 e. The predicted molar refractivity (Wildman–Crippen MR) is 143 cm³/mol. The van der Waals surface area contributed by atoms with Gasteiger partial charge in [-0.05, 0) is 56.5 Å². The van der Waals surface area contributed by atoms with Crippen LogP contribution in [0.2, 0.25) is 5.02 Å². The largest absolute Gasteiger partial charge is 0.321 e. The number of fused-ring (bicyclic) bond motifs is 1. The Morgan fingerprint density at radius 3 is 2.39 bits per heavy atom. The number of nitrogens with one attached hydrogen (secondary N) is 1. The van der Waals surface area contributed by atoms with Crippen LogP contribution in [0.5, 0.6) is 0 Å². The zero-order valence-electron chi connectivity index (χ0n) is 20.7. The summed E-state index contributed by atoms with van der Waals surface area (Å²) < 4.78 is 3.52. The third kappa shape index (κ3) is 4.50. The van der Waals surface area contributed by atoms with E-state index in [1.54, 1.807) is 10.9 Å². The molecule has 5 aromatic rings. The molecule has 5 rings (SSSR count). The van der Waals surface area contributed by atoms with Crippen LogP contribution in [0.15, 0.2) is 60.8 Å². The maximum Gasteiger partial charge on any atom is 0.246 e. The molecule has 3 aromatic heterocycles. The highest BCUT2D eigenvalue weighted by molar-refractivity contribution is 6.31. The van der Waals surface area contributed by atoms with Gasteiger partial charge in [0.25, 0.3) is 0 Å². The van der Waals surface area contributed by atoms with Gasteiger partial charge >= 0.3 is 0 Å². The van der Waals surface area contributed by atoms with Crippen LogP contribution in [0.25, 0.3) is 22.2 Å². The fourth-order valence-corrected chi connectivity index (χ4v) is 4.70. The van der Waals surface area contributed by atoms with Crippen molar-refractivity contribution in [2.24, 2.45) is 0 Å². The van der Waals surface area contributed by atoms with Crippen molar-refractivity contribution < 1.29 is 4.79 Å². The van der Waals surface area contributed by atoms with Crippen LogP contribution in [-0.2, 0) is 17.9 Å². The molecule has 2 aromatic carbocycles. The summed E-state index contributed by atoms with van der Waals surface area (Å²) in [6, 6.07) is 18.0. The number of rotatable bonds is 6. The summed E-state index contributed by atoms with van der Waals surface area (Å²) in [5.74, 6) is -0.189. The Balaban J connectivity index is 1.39. The lowest BCUT2D eigenvalue weighted by atomic mass is 10.0. The van der Waals surface area contributed by atoms with Gasteiger partial charge in [0, 0.05) is 16.6 Å². The van der Waals surface area contributed by atoms with Gasteiger partial charge in [-0.15, -0.1) is 0 Å². The van der Waals surface area contributed by atoms with Gasteiger partial charge in [-0.3, -0.25) is 9.48 Å². The minimum absolute atomic E-state index is 0.0449. The summed E-state index contributed by atoms with van der Waals surface area (Å²) in [6.45, 7) is 8.41. The molecule has 1 amide bonds. The highest BCUT2D eigenvalue weighted by atomic mass is 35.5. The lowest BCUT2D eigenvalue weighted by Gasteiger charge is -2.09. The molecule has 0 aliphatic heterocycles. The van der Waals surface area contributed by atoms with Crippen molar-refractivity contribution >= 4 is 34.2 Å². The minimum atomic E-state index is -0.189. The number of hydrogen-bond donors (Lipinski definition) is 1. The number of benzene rings is 2. The molecule has 0 spiro atoms. The Kier molecular flexibility index (Phi) is 6.33. The molecule has 1 N–H and O–H groups in total. The quantitative estimate of drug-likeness (QED) is 0.317. The molecule has 0 unspecified atom stereocenters. The highest BCUT2D eigenvalue weighted by Gasteiger charge is 2.19. The average Bonchev–Trinajstić information content (AvgIpc) is 3.31. The fourth-order valence-electron chi connectivity index (χ4n) is 4.50. The van der Waals surface area contributed by atoms with E-state index in [2.05, 4.69) is 51.7 Å². The maximum atomic E-state index is 13.1. The molecular formula is C28H27ClN6O. The molecule has 0 saturated carbocycles. The van der Waals surface area contributed by atoms with Crippen LogP contribution < -0.4 is 5.32 Å². The number of anilines is 1. The third-order valence-corrected chi connectivity index (χ3v) is 6.76. The smallest absolute Gasteiger partial charge is 0.246 e. The van der Waals surface area contributed by atoms with Crippen molar-refractivity contribution in [3.63, 3.8) is 0 Å². The Hall–Kier alpha value is -3.97. The second kappa shape index (κ2) is 9.59. The van der Waals surface area contributed by atoms with Gasteiger partial charge in [0.2, 0.25) is 5.91 Å². The van der Waals surface area contributed by atoms with E-state index >= 15 is 0 Å². The van der Waals surface area contributed by atoms with Crippen molar-refractivity contribution in [3.05, 3.63) is 94.0 Å². The van der Waals surface area contributed by atoms with Gasteiger partial charge in [-0.2, -0.15) is 10.2 Å². The Morgan fingerprint density at radius 1 is 0.917 bits per heavy atom. The molecular weight excluding hydrogens is 472 g/mol. The topological polar surface area (TPSA) is 77.6 Å². The molecule has 0 bridgehead atoms. The van der Waals surface area contributed by atoms with Crippen LogP contribution in [-0.4, -0.2) is 30.5 Å². The van der Waals surface area contributed by atoms with Crippen molar-refractivity contribution in [3.8, 4) is 11.1 Å². The summed E-state index contributed by atoms with van der Waals surface area (Å²) in [6.07, 6.45) is 1.76. The number of aryl methyl sites for hydroxylation is 3. The Labute approximate surface area is 214 Å². The van der Waals surface area contributed by atoms with Gasteiger partial charge in [0.15, 0.2) is 5.65 Å². The van der Waals surface area contributed by atoms with Crippen molar-refractivity contribution in [2.45, 2.75) is 40.8 Å². The van der Waals surface area contributed by atoms with Gasteiger partial charge in [-0.1, -0.05) is 59.6 Å². The van der Waals surface area contributed by atoms with Gasteiger partial charge in [0.05, 0.1) is 29.3 Å². The standard InChI is InChI=1S/C28H27ClN6O/c1-17-9-11-21(12-10-17)23-13-14-30-28-26(23)18(2)32-35(28)16-25(36)31-27-19(3)33-34(20(27)4)15-22-7-5-6-8-24(22)29/h5-14H,15-16H2,1-4H3,(H,31,36). The summed E-state index contributed by atoms with van der Waals surface area (Å²) in [4.78, 5) is 17.6. The summed E-state index contributed by atoms with van der Waals surface area (Å²) in [7, 11) is 0. The van der Waals surface area contributed by atoms with Crippen molar-refractivity contribution in [2.75, 3.05) is 5.32 Å². The number of amides is 1. The first kappa shape index (κ1) is 23.8. The average molecular weight is 499 g/mol. The number of aromatic nitrogens is 5. The molecule has 182 valence electrons. The van der Waals surface area contributed by atoms with Crippen LogP contribution >= 0.6 is 11.6 Å². The molecule has 0 fully saturated rings. The molecule has 0 atom stereocenters. The second-order valence-electron chi connectivity index (χ2n) is 9.01. The first-order valence-corrected chi connectivity index (χ1v) is 12.2. The maximum absolute atomic E-state index is 13.1. The van der Waals surface area contributed by atoms with E-state index in [-0.39, 0.29) is 12.5 Å². The number of halogens is 1. The van der Waals surface area contributed by atoms with E-state index < -0.39 is 0 Å². The monoisotopic (exact) mass is 498 g/mol. The van der Waals surface area contributed by atoms with Crippen LogP contribution in [0.3, 0.4) is 0 Å². The Bertz CT molecular complexity index is 1580. The summed E-state index contributed by atoms with van der Waals surface area (Å²) in [5, 5.41) is 13.9. The molecule has 36 heavy (non-hydrogen) atoms. The molecule has 7 nitrogen and oxygen atoms in total. The number of pyridine rings is 1. The van der Waals surface area contributed by atoms with Crippen LogP contribution in [0.1, 0.15) is 28.2 Å². The molecule has 3 heterocycles. The summed E-state index contributed by atoms with van der Waals surface area (Å²) >= 11 is 6.33. The van der Waals surface area contributed by atoms with E-state index in [0.717, 1.165) is 39.2 Å². The van der Waals surface area contributed by atoms with Crippen molar-refractivity contribution in [1.29, 1.82) is 0 Å². The van der Waals surface area contributed by atoms with Crippen LogP contribution in [0, 0.1) is 27.7 Å². The van der Waals surface area contributed by atoms with Gasteiger partial charge in [0.1, 0.15) is 6.54 Å². The first-order chi connectivity index (χ1) is 17.3.